The zero-order chi connectivity index (χ0) is 14.8. The number of rotatable bonds is 4. The standard InChI is InChI=1S/C16H10NO3S/c18-16(12-6-3-7-14(8-12)17(19)20)15-9-13(10-21-15)11-4-1-2-5-11/h1-10H. The minimum Gasteiger partial charge on any atom is -0.288 e. The minimum absolute atomic E-state index is 0.0753. The van der Waals surface area contributed by atoms with Gasteiger partial charge in [0.2, 0.25) is 5.78 Å². The first-order valence-electron chi connectivity index (χ1n) is 6.25. The molecule has 4 nitrogen and oxygen atoms in total. The number of non-ortho nitro benzene ring substituents is 1. The Morgan fingerprint density at radius 3 is 2.62 bits per heavy atom. The Bertz CT molecular complexity index is 686. The van der Waals surface area contributed by atoms with Gasteiger partial charge in [0.25, 0.3) is 5.69 Å². The van der Waals surface area contributed by atoms with E-state index in [0.717, 1.165) is 11.5 Å². The molecule has 3 rings (SSSR count). The summed E-state index contributed by atoms with van der Waals surface area (Å²) in [6, 6.07) is 7.63. The highest BCUT2D eigenvalue weighted by molar-refractivity contribution is 7.12. The molecule has 1 aromatic carbocycles. The average Bonchev–Trinajstić information content (AvgIpc) is 3.17. The van der Waals surface area contributed by atoms with E-state index < -0.39 is 4.92 Å². The molecule has 0 aliphatic heterocycles. The normalized spacial score (nSPS) is 15.2. The van der Waals surface area contributed by atoms with Gasteiger partial charge in [-0.3, -0.25) is 14.9 Å². The lowest BCUT2D eigenvalue weighted by Gasteiger charge is -2.02. The van der Waals surface area contributed by atoms with Gasteiger partial charge in [0.15, 0.2) is 0 Å². The van der Waals surface area contributed by atoms with Crippen LogP contribution in [0.3, 0.4) is 0 Å². The maximum Gasteiger partial charge on any atom is 0.270 e. The van der Waals surface area contributed by atoms with Crippen LogP contribution in [0.25, 0.3) is 0 Å². The summed E-state index contributed by atoms with van der Waals surface area (Å²) in [6.07, 6.45) is 7.83. The highest BCUT2D eigenvalue weighted by atomic mass is 32.1. The van der Waals surface area contributed by atoms with Crippen molar-refractivity contribution in [1.82, 2.24) is 0 Å². The van der Waals surface area contributed by atoms with Crippen LogP contribution in [0.5, 0.6) is 0 Å². The van der Waals surface area contributed by atoms with E-state index in [9.17, 15) is 14.9 Å². The van der Waals surface area contributed by atoms with Crippen LogP contribution in [-0.2, 0) is 0 Å². The van der Waals surface area contributed by atoms with Gasteiger partial charge in [-0.2, -0.15) is 0 Å². The first-order chi connectivity index (χ1) is 10.1. The highest BCUT2D eigenvalue weighted by Crippen LogP contribution is 2.33. The predicted octanol–water partition coefficient (Wildman–Crippen LogP) is 3.64. The lowest BCUT2D eigenvalue weighted by atomic mass is 9.99. The van der Waals surface area contributed by atoms with Crippen molar-refractivity contribution in [2.75, 3.05) is 0 Å². The molecule has 0 unspecified atom stereocenters. The van der Waals surface area contributed by atoms with Crippen molar-refractivity contribution in [3.63, 3.8) is 0 Å². The summed E-state index contributed by atoms with van der Waals surface area (Å²) < 4.78 is 0. The van der Waals surface area contributed by atoms with Crippen molar-refractivity contribution in [2.45, 2.75) is 0 Å². The smallest absolute Gasteiger partial charge is 0.270 e. The summed E-state index contributed by atoms with van der Waals surface area (Å²) in [7, 11) is 0. The van der Waals surface area contributed by atoms with Crippen molar-refractivity contribution < 1.29 is 9.72 Å². The summed E-state index contributed by atoms with van der Waals surface area (Å²) in [6.45, 7) is 0. The lowest BCUT2D eigenvalue weighted by molar-refractivity contribution is -0.384. The fraction of sp³-hybridized carbons (Fsp3) is 0. The van der Waals surface area contributed by atoms with Gasteiger partial charge < -0.3 is 0 Å². The molecule has 1 heterocycles. The van der Waals surface area contributed by atoms with Gasteiger partial charge in [-0.05, 0) is 42.7 Å². The Morgan fingerprint density at radius 1 is 1.14 bits per heavy atom. The molecule has 5 radical (unpaired) electrons. The van der Waals surface area contributed by atoms with Gasteiger partial charge in [0, 0.05) is 23.6 Å². The van der Waals surface area contributed by atoms with Crippen LogP contribution in [0.1, 0.15) is 20.8 Å². The number of thiophene rings is 1. The molecular formula is C16H10NO3S. The molecule has 0 N–H and O–H groups in total. The molecule has 0 amide bonds. The number of carbonyl (C=O) groups excluding carboxylic acids is 1. The molecule has 103 valence electrons. The van der Waals surface area contributed by atoms with E-state index in [-0.39, 0.29) is 11.5 Å². The zero-order valence-corrected chi connectivity index (χ0v) is 11.7. The van der Waals surface area contributed by atoms with Crippen LogP contribution in [0.4, 0.5) is 5.69 Å². The topological polar surface area (TPSA) is 60.2 Å². The summed E-state index contributed by atoms with van der Waals surface area (Å²) in [5, 5.41) is 12.7. The van der Waals surface area contributed by atoms with Crippen LogP contribution < -0.4 is 0 Å². The number of carbonyl (C=O) groups is 1. The number of hydrogen-bond donors (Lipinski definition) is 0. The Balaban J connectivity index is 1.84. The largest absolute Gasteiger partial charge is 0.288 e. The van der Waals surface area contributed by atoms with Crippen LogP contribution in [0.15, 0.2) is 35.7 Å². The van der Waals surface area contributed by atoms with E-state index in [1.807, 2.05) is 37.1 Å². The van der Waals surface area contributed by atoms with Gasteiger partial charge in [-0.25, -0.2) is 0 Å². The van der Waals surface area contributed by atoms with Crippen LogP contribution >= 0.6 is 11.3 Å². The molecule has 1 saturated carbocycles. The third-order valence-electron chi connectivity index (χ3n) is 3.14. The number of nitrogens with zero attached hydrogens (tertiary/aromatic N) is 1. The number of hydrogen-bond acceptors (Lipinski definition) is 4. The van der Waals surface area contributed by atoms with Crippen molar-refractivity contribution in [2.24, 2.45) is 0 Å². The molecule has 1 aromatic heterocycles. The highest BCUT2D eigenvalue weighted by Gasteiger charge is 2.22. The van der Waals surface area contributed by atoms with Crippen molar-refractivity contribution in [1.29, 1.82) is 0 Å². The van der Waals surface area contributed by atoms with Gasteiger partial charge in [0.1, 0.15) is 0 Å². The van der Waals surface area contributed by atoms with E-state index >= 15 is 0 Å². The average molecular weight is 296 g/mol. The third-order valence-corrected chi connectivity index (χ3v) is 4.07. The van der Waals surface area contributed by atoms with Gasteiger partial charge >= 0.3 is 0 Å². The Hall–Kier alpha value is -2.01. The molecule has 0 bridgehead atoms. The van der Waals surface area contributed by atoms with Crippen molar-refractivity contribution >= 4 is 22.8 Å². The molecule has 21 heavy (non-hydrogen) atoms. The molecular weight excluding hydrogens is 286 g/mol. The van der Waals surface area contributed by atoms with Gasteiger partial charge in [-0.15, -0.1) is 11.3 Å². The van der Waals surface area contributed by atoms with Crippen LogP contribution in [0.2, 0.25) is 0 Å². The molecule has 0 spiro atoms. The Morgan fingerprint density at radius 2 is 1.90 bits per heavy atom. The maximum absolute atomic E-state index is 12.4. The number of ketones is 1. The first kappa shape index (κ1) is 13.9. The predicted molar refractivity (Wildman–Crippen MR) is 80.4 cm³/mol. The minimum atomic E-state index is -0.499. The molecule has 2 aromatic rings. The molecule has 1 aliphatic carbocycles. The summed E-state index contributed by atoms with van der Waals surface area (Å²) >= 11 is 1.35. The van der Waals surface area contributed by atoms with Gasteiger partial charge in [0.05, 0.1) is 9.80 Å². The number of nitro benzene ring substituents is 1. The number of benzene rings is 1. The first-order valence-corrected chi connectivity index (χ1v) is 7.13. The van der Waals surface area contributed by atoms with E-state index in [1.54, 1.807) is 6.07 Å². The number of nitro groups is 1. The van der Waals surface area contributed by atoms with E-state index in [4.69, 9.17) is 0 Å². The van der Waals surface area contributed by atoms with E-state index in [1.165, 1.54) is 29.5 Å². The summed E-state index contributed by atoms with van der Waals surface area (Å²) in [5.41, 5.74) is 1.24. The molecule has 1 aliphatic rings. The van der Waals surface area contributed by atoms with Crippen LogP contribution in [0, 0.1) is 41.7 Å². The van der Waals surface area contributed by atoms with Gasteiger partial charge in [-0.1, -0.05) is 12.1 Å². The second kappa shape index (κ2) is 5.77. The van der Waals surface area contributed by atoms with E-state index in [0.29, 0.717) is 10.4 Å². The lowest BCUT2D eigenvalue weighted by Crippen LogP contribution is -2.00. The van der Waals surface area contributed by atoms with Crippen molar-refractivity contribution in [3.8, 4) is 0 Å². The van der Waals surface area contributed by atoms with Crippen molar-refractivity contribution in [3.05, 3.63) is 93.4 Å². The quantitative estimate of drug-likeness (QED) is 0.491. The second-order valence-corrected chi connectivity index (χ2v) is 5.42. The Labute approximate surface area is 126 Å². The van der Waals surface area contributed by atoms with E-state index in [2.05, 4.69) is 0 Å². The second-order valence-electron chi connectivity index (χ2n) is 4.51. The molecule has 5 heteroatoms. The monoisotopic (exact) mass is 296 g/mol. The zero-order valence-electron chi connectivity index (χ0n) is 10.9. The fourth-order valence-electron chi connectivity index (χ4n) is 2.08. The third kappa shape index (κ3) is 2.88. The summed E-state index contributed by atoms with van der Waals surface area (Å²) in [5.74, 6) is 0.867. The molecule has 0 atom stereocenters. The SMILES string of the molecule is O=C(c1cccc([N+](=O)[O-])c1)c1cc([C]2[CH][CH][CH][CH]2)cs1. The molecule has 1 fully saturated rings. The molecule has 0 saturated heterocycles. The maximum atomic E-state index is 12.4. The van der Waals surface area contributed by atoms with Crippen LogP contribution in [-0.4, -0.2) is 10.7 Å². The fourth-order valence-corrected chi connectivity index (χ4v) is 2.95. The summed E-state index contributed by atoms with van der Waals surface area (Å²) in [4.78, 5) is 23.2. The Kier molecular flexibility index (Phi) is 3.84.